The zero-order chi connectivity index (χ0) is 16.9. The van der Waals surface area contributed by atoms with Gasteiger partial charge in [0.2, 0.25) is 0 Å². The van der Waals surface area contributed by atoms with Gasteiger partial charge in [0.05, 0.1) is 0 Å². The maximum absolute atomic E-state index is 5.82. The molecule has 0 aromatic heterocycles. The fraction of sp³-hybridized carbons (Fsp3) is 0.750. The fourth-order valence-electron chi connectivity index (χ4n) is 2.65. The second-order valence-electron chi connectivity index (χ2n) is 5.50. The molecule has 0 aromatic rings. The van der Waals surface area contributed by atoms with E-state index < -0.39 is 17.1 Å². The van der Waals surface area contributed by atoms with Crippen LogP contribution in [0.3, 0.4) is 0 Å². The van der Waals surface area contributed by atoms with Crippen molar-refractivity contribution in [2.45, 2.75) is 49.9 Å². The summed E-state index contributed by atoms with van der Waals surface area (Å²) in [6.07, 6.45) is 8.01. The summed E-state index contributed by atoms with van der Waals surface area (Å²) in [6.45, 7) is 7.56. The predicted molar refractivity (Wildman–Crippen MR) is 97.6 cm³/mol. The van der Waals surface area contributed by atoms with Crippen molar-refractivity contribution in [3.05, 3.63) is 25.3 Å². The van der Waals surface area contributed by atoms with Gasteiger partial charge < -0.3 is 17.7 Å². The van der Waals surface area contributed by atoms with E-state index in [0.717, 1.165) is 49.9 Å². The lowest BCUT2D eigenvalue weighted by Gasteiger charge is -2.33. The molecule has 0 atom stereocenters. The molecule has 0 unspecified atom stereocenters. The first kappa shape index (κ1) is 21.8. The van der Waals surface area contributed by atoms with E-state index in [-0.39, 0.29) is 0 Å². The average molecular weight is 347 g/mol. The molecule has 0 heterocycles. The Kier molecular flexibility index (Phi) is 12.1. The highest BCUT2D eigenvalue weighted by Crippen LogP contribution is 2.30. The first-order valence-electron chi connectivity index (χ1n) is 8.00. The maximum atomic E-state index is 5.82. The van der Waals surface area contributed by atoms with Crippen LogP contribution in [0, 0.1) is 0 Å². The Morgan fingerprint density at radius 3 is 1.18 bits per heavy atom. The van der Waals surface area contributed by atoms with E-state index in [4.69, 9.17) is 17.7 Å². The molecular weight excluding hydrogens is 312 g/mol. The second-order valence-corrected chi connectivity index (χ2v) is 12.8. The summed E-state index contributed by atoms with van der Waals surface area (Å²) in [6, 6.07) is 3.80. The van der Waals surface area contributed by atoms with Crippen molar-refractivity contribution in [1.29, 1.82) is 0 Å². The molecule has 6 heteroatoms. The van der Waals surface area contributed by atoms with Crippen LogP contribution in [-0.4, -0.2) is 45.6 Å². The van der Waals surface area contributed by atoms with E-state index in [1.54, 1.807) is 28.4 Å². The summed E-state index contributed by atoms with van der Waals surface area (Å²) in [4.78, 5) is 0. The Labute approximate surface area is 139 Å². The van der Waals surface area contributed by atoms with Crippen LogP contribution in [0.4, 0.5) is 0 Å². The maximum Gasteiger partial charge on any atom is 0.337 e. The largest absolute Gasteiger partial charge is 0.398 e. The van der Waals surface area contributed by atoms with Crippen molar-refractivity contribution in [3.63, 3.8) is 0 Å². The molecule has 0 rings (SSSR count). The fourth-order valence-corrected chi connectivity index (χ4v) is 9.64. The summed E-state index contributed by atoms with van der Waals surface area (Å²) >= 11 is 0. The molecule has 0 N–H and O–H groups in total. The van der Waals surface area contributed by atoms with Crippen molar-refractivity contribution in [1.82, 2.24) is 0 Å². The third-order valence-electron chi connectivity index (χ3n) is 4.31. The highest BCUT2D eigenvalue weighted by atomic mass is 28.4. The van der Waals surface area contributed by atoms with Crippen LogP contribution in [-0.2, 0) is 17.7 Å². The van der Waals surface area contributed by atoms with E-state index in [9.17, 15) is 0 Å². The molecule has 22 heavy (non-hydrogen) atoms. The van der Waals surface area contributed by atoms with Crippen LogP contribution in [0.25, 0.3) is 0 Å². The van der Waals surface area contributed by atoms with E-state index in [1.165, 1.54) is 0 Å². The van der Waals surface area contributed by atoms with Crippen molar-refractivity contribution in [3.8, 4) is 0 Å². The molecular formula is C16H34O4Si2. The monoisotopic (exact) mass is 346 g/mol. The third-order valence-corrected chi connectivity index (χ3v) is 12.0. The van der Waals surface area contributed by atoms with E-state index in [1.807, 2.05) is 12.2 Å². The van der Waals surface area contributed by atoms with Crippen molar-refractivity contribution < 1.29 is 17.7 Å². The second kappa shape index (κ2) is 12.2. The summed E-state index contributed by atoms with van der Waals surface area (Å²) < 4.78 is 23.3. The lowest BCUT2D eigenvalue weighted by molar-refractivity contribution is 0.227. The summed E-state index contributed by atoms with van der Waals surface area (Å²) in [5.41, 5.74) is 0. The van der Waals surface area contributed by atoms with Gasteiger partial charge in [-0.3, -0.25) is 0 Å². The minimum atomic E-state index is -2.16. The molecule has 0 saturated carbocycles. The number of allylic oxidation sites excluding steroid dienone is 2. The molecule has 0 spiro atoms. The Balaban J connectivity index is 4.72. The zero-order valence-electron chi connectivity index (χ0n) is 14.9. The lowest BCUT2D eigenvalue weighted by atomic mass is 10.3. The average Bonchev–Trinajstić information content (AvgIpc) is 2.57. The number of hydrogen-bond acceptors (Lipinski definition) is 4. The van der Waals surface area contributed by atoms with Gasteiger partial charge in [0.15, 0.2) is 0 Å². The topological polar surface area (TPSA) is 36.9 Å². The van der Waals surface area contributed by atoms with Crippen LogP contribution in [0.1, 0.15) is 25.7 Å². The molecule has 0 amide bonds. The summed E-state index contributed by atoms with van der Waals surface area (Å²) in [5, 5.41) is 0. The predicted octanol–water partition coefficient (Wildman–Crippen LogP) is 4.39. The van der Waals surface area contributed by atoms with Gasteiger partial charge in [-0.05, 0) is 49.9 Å². The van der Waals surface area contributed by atoms with Gasteiger partial charge in [-0.15, -0.1) is 13.2 Å². The van der Waals surface area contributed by atoms with E-state index in [2.05, 4.69) is 13.2 Å². The van der Waals surface area contributed by atoms with Gasteiger partial charge in [-0.1, -0.05) is 12.2 Å². The van der Waals surface area contributed by atoms with Gasteiger partial charge in [0, 0.05) is 28.4 Å². The highest BCUT2D eigenvalue weighted by molar-refractivity contribution is 6.73. The molecule has 0 aliphatic rings. The van der Waals surface area contributed by atoms with Crippen molar-refractivity contribution in [2.24, 2.45) is 0 Å². The van der Waals surface area contributed by atoms with Crippen LogP contribution < -0.4 is 0 Å². The van der Waals surface area contributed by atoms with Crippen LogP contribution in [0.5, 0.6) is 0 Å². The van der Waals surface area contributed by atoms with Gasteiger partial charge in [-0.25, -0.2) is 0 Å². The van der Waals surface area contributed by atoms with Crippen LogP contribution in [0.15, 0.2) is 25.3 Å². The van der Waals surface area contributed by atoms with Gasteiger partial charge >= 0.3 is 17.1 Å². The molecule has 0 aromatic carbocycles. The molecule has 0 aliphatic carbocycles. The summed E-state index contributed by atoms with van der Waals surface area (Å²) in [7, 11) is 2.74. The normalized spacial score (nSPS) is 12.4. The van der Waals surface area contributed by atoms with Gasteiger partial charge in [0.25, 0.3) is 0 Å². The Bertz CT molecular complexity index is 273. The minimum absolute atomic E-state index is 0.916. The van der Waals surface area contributed by atoms with Gasteiger partial charge in [0.1, 0.15) is 0 Å². The molecule has 0 fully saturated rings. The van der Waals surface area contributed by atoms with Crippen LogP contribution in [0.2, 0.25) is 24.2 Å². The van der Waals surface area contributed by atoms with Crippen molar-refractivity contribution >= 4 is 17.1 Å². The molecule has 0 saturated heterocycles. The van der Waals surface area contributed by atoms with Crippen LogP contribution >= 0.6 is 0 Å². The quantitative estimate of drug-likeness (QED) is 0.250. The third kappa shape index (κ3) is 7.35. The number of unbranched alkanes of at least 4 members (excludes halogenated alkanes) is 2. The molecule has 130 valence electrons. The Hall–Kier alpha value is -0.246. The lowest BCUT2D eigenvalue weighted by Crippen LogP contribution is -2.46. The molecule has 4 nitrogen and oxygen atoms in total. The smallest absolute Gasteiger partial charge is 0.337 e. The first-order valence-corrected chi connectivity index (χ1v) is 12.5. The first-order chi connectivity index (χ1) is 10.6. The number of hydrogen-bond donors (Lipinski definition) is 0. The van der Waals surface area contributed by atoms with Gasteiger partial charge in [-0.2, -0.15) is 0 Å². The highest BCUT2D eigenvalue weighted by Gasteiger charge is 2.42. The minimum Gasteiger partial charge on any atom is -0.398 e. The molecule has 0 aliphatic heterocycles. The van der Waals surface area contributed by atoms with Crippen molar-refractivity contribution in [2.75, 3.05) is 28.4 Å². The molecule has 0 bridgehead atoms. The Morgan fingerprint density at radius 2 is 0.955 bits per heavy atom. The van der Waals surface area contributed by atoms with E-state index >= 15 is 0 Å². The number of rotatable bonds is 15. The zero-order valence-corrected chi connectivity index (χ0v) is 16.9. The summed E-state index contributed by atoms with van der Waals surface area (Å²) in [5.74, 6) is 0. The van der Waals surface area contributed by atoms with E-state index in [0.29, 0.717) is 0 Å². The SMILES string of the molecule is C=CCCC[Si](CC[Si](CCCC=C)(OC)OC)(OC)OC. The Morgan fingerprint density at radius 1 is 0.636 bits per heavy atom. The molecule has 0 radical (unpaired) electrons. The standard InChI is InChI=1S/C16H34O4Si2/c1-7-9-11-13-21(17-3,18-4)15-16-22(19-5,20-6)14-12-10-8-2/h7-8H,1-2,9-16H2,3-6H3.